The van der Waals surface area contributed by atoms with Gasteiger partial charge in [-0.1, -0.05) is 44.2 Å². The van der Waals surface area contributed by atoms with Gasteiger partial charge in [0.05, 0.1) is 16.3 Å². The third-order valence-electron chi connectivity index (χ3n) is 4.22. The largest absolute Gasteiger partial charge is 0.351 e. The number of nitrogens with zero attached hydrogens (tertiary/aromatic N) is 1. The van der Waals surface area contributed by atoms with Crippen LogP contribution < -0.4 is 5.32 Å². The molecular weight excluding hydrogens is 316 g/mol. The van der Waals surface area contributed by atoms with Gasteiger partial charge in [0, 0.05) is 11.4 Å². The summed E-state index contributed by atoms with van der Waals surface area (Å²) in [5.41, 5.74) is 3.09. The van der Waals surface area contributed by atoms with Crippen LogP contribution in [-0.2, 0) is 0 Å². The van der Waals surface area contributed by atoms with Gasteiger partial charge in [-0.3, -0.25) is 4.79 Å². The summed E-state index contributed by atoms with van der Waals surface area (Å²) in [4.78, 5) is 14.0. The fourth-order valence-corrected chi connectivity index (χ4v) is 3.94. The summed E-state index contributed by atoms with van der Waals surface area (Å²) in [5, 5.41) is 3.06. The Morgan fingerprint density at radius 2 is 1.88 bits per heavy atom. The van der Waals surface area contributed by atoms with Gasteiger partial charge in [0.1, 0.15) is 5.69 Å². The molecule has 1 N–H and O–H groups in total. The van der Waals surface area contributed by atoms with Crippen molar-refractivity contribution in [1.82, 2.24) is 9.88 Å². The van der Waals surface area contributed by atoms with Gasteiger partial charge in [-0.2, -0.15) is 0 Å². The summed E-state index contributed by atoms with van der Waals surface area (Å²) in [6.07, 6.45) is 0. The second-order valence-electron chi connectivity index (χ2n) is 6.70. The van der Waals surface area contributed by atoms with Crippen molar-refractivity contribution in [2.24, 2.45) is 5.92 Å². The highest BCUT2D eigenvalue weighted by Gasteiger charge is 2.21. The minimum absolute atomic E-state index is 0.00698. The van der Waals surface area contributed by atoms with Crippen LogP contribution in [0, 0.1) is 12.8 Å². The second kappa shape index (κ2) is 6.81. The molecule has 0 aliphatic heterocycles. The lowest BCUT2D eigenvalue weighted by Crippen LogP contribution is -2.29. The number of aryl methyl sites for hydroxylation is 1. The van der Waals surface area contributed by atoms with Crippen molar-refractivity contribution in [2.45, 2.75) is 33.7 Å². The van der Waals surface area contributed by atoms with E-state index in [0.29, 0.717) is 12.5 Å². The highest BCUT2D eigenvalue weighted by Crippen LogP contribution is 2.33. The normalized spacial score (nSPS) is 12.7. The average Bonchev–Trinajstić information content (AvgIpc) is 3.08. The Labute approximate surface area is 147 Å². The third-order valence-corrected chi connectivity index (χ3v) is 5.21. The van der Waals surface area contributed by atoms with Crippen LogP contribution >= 0.6 is 11.3 Å². The molecule has 3 nitrogen and oxygen atoms in total. The summed E-state index contributed by atoms with van der Waals surface area (Å²) in [6, 6.07) is 14.7. The number of nitrogens with one attached hydrogen (secondary N) is 1. The monoisotopic (exact) mass is 340 g/mol. The predicted molar refractivity (Wildman–Crippen MR) is 102 cm³/mol. The smallest absolute Gasteiger partial charge is 0.268 e. The number of aromatic nitrogens is 1. The van der Waals surface area contributed by atoms with Gasteiger partial charge in [-0.25, -0.2) is 0 Å². The molecule has 0 aliphatic rings. The standard InChI is InChI=1S/C20H24N2OS/c1-13(2)12-21-20(23)18-11-19-17(10-14(3)24-19)22(18)15(4)16-8-6-5-7-9-16/h5-11,13,15H,12H2,1-4H3,(H,21,23). The Kier molecular flexibility index (Phi) is 4.76. The number of rotatable bonds is 5. The summed E-state index contributed by atoms with van der Waals surface area (Å²) in [7, 11) is 0. The van der Waals surface area contributed by atoms with E-state index in [-0.39, 0.29) is 11.9 Å². The fraction of sp³-hybridized carbons (Fsp3) is 0.350. The Morgan fingerprint density at radius 1 is 1.17 bits per heavy atom. The number of carbonyl (C=O) groups is 1. The number of hydrogen-bond acceptors (Lipinski definition) is 2. The van der Waals surface area contributed by atoms with E-state index < -0.39 is 0 Å². The van der Waals surface area contributed by atoms with Gasteiger partial charge in [0.2, 0.25) is 0 Å². The molecule has 3 aromatic rings. The molecule has 0 radical (unpaired) electrons. The number of fused-ring (bicyclic) bond motifs is 1. The number of benzene rings is 1. The van der Waals surface area contributed by atoms with Crippen LogP contribution in [0.15, 0.2) is 42.5 Å². The maximum atomic E-state index is 12.7. The highest BCUT2D eigenvalue weighted by atomic mass is 32.1. The van der Waals surface area contributed by atoms with E-state index in [1.807, 2.05) is 24.3 Å². The lowest BCUT2D eigenvalue weighted by molar-refractivity contribution is 0.0939. The van der Waals surface area contributed by atoms with Crippen molar-refractivity contribution in [3.8, 4) is 0 Å². The van der Waals surface area contributed by atoms with E-state index in [0.717, 1.165) is 11.2 Å². The maximum absolute atomic E-state index is 12.7. The Balaban J connectivity index is 2.06. The van der Waals surface area contributed by atoms with Crippen LogP contribution in [0.25, 0.3) is 10.2 Å². The number of thiophene rings is 1. The van der Waals surface area contributed by atoms with Crippen LogP contribution in [0.3, 0.4) is 0 Å². The zero-order valence-corrected chi connectivity index (χ0v) is 15.5. The molecule has 4 heteroatoms. The molecule has 24 heavy (non-hydrogen) atoms. The lowest BCUT2D eigenvalue weighted by atomic mass is 10.1. The van der Waals surface area contributed by atoms with Crippen molar-refractivity contribution in [3.63, 3.8) is 0 Å². The molecule has 1 atom stereocenters. The summed E-state index contributed by atoms with van der Waals surface area (Å²) in [6.45, 7) is 9.17. The molecule has 0 bridgehead atoms. The van der Waals surface area contributed by atoms with Gasteiger partial charge in [-0.15, -0.1) is 11.3 Å². The van der Waals surface area contributed by atoms with E-state index in [1.165, 1.54) is 15.1 Å². The molecule has 126 valence electrons. The molecule has 2 aromatic heterocycles. The van der Waals surface area contributed by atoms with Crippen molar-refractivity contribution >= 4 is 27.5 Å². The maximum Gasteiger partial charge on any atom is 0.268 e. The minimum atomic E-state index is 0.00698. The summed E-state index contributed by atoms with van der Waals surface area (Å²) in [5.74, 6) is 0.444. The number of hydrogen-bond donors (Lipinski definition) is 1. The molecular formula is C20H24N2OS. The number of carbonyl (C=O) groups excluding carboxylic acids is 1. The SMILES string of the molecule is Cc1cc2c(cc(C(=O)NCC(C)C)n2C(C)c2ccccc2)s1. The van der Waals surface area contributed by atoms with Crippen molar-refractivity contribution in [2.75, 3.05) is 6.54 Å². The first-order valence-electron chi connectivity index (χ1n) is 8.42. The van der Waals surface area contributed by atoms with E-state index in [2.05, 4.69) is 55.8 Å². The van der Waals surface area contributed by atoms with E-state index in [4.69, 9.17) is 0 Å². The van der Waals surface area contributed by atoms with Crippen molar-refractivity contribution in [3.05, 3.63) is 58.6 Å². The molecule has 3 rings (SSSR count). The molecule has 0 saturated carbocycles. The van der Waals surface area contributed by atoms with E-state index >= 15 is 0 Å². The molecule has 0 saturated heterocycles. The summed E-state index contributed by atoms with van der Waals surface area (Å²) >= 11 is 1.74. The number of amides is 1. The van der Waals surface area contributed by atoms with Crippen molar-refractivity contribution < 1.29 is 4.79 Å². The zero-order chi connectivity index (χ0) is 17.3. The van der Waals surface area contributed by atoms with Crippen LogP contribution in [-0.4, -0.2) is 17.0 Å². The highest BCUT2D eigenvalue weighted by molar-refractivity contribution is 7.19. The molecule has 1 aromatic carbocycles. The lowest BCUT2D eigenvalue weighted by Gasteiger charge is -2.19. The Morgan fingerprint density at radius 3 is 2.54 bits per heavy atom. The van der Waals surface area contributed by atoms with Crippen LogP contribution in [0.1, 0.15) is 47.7 Å². The van der Waals surface area contributed by atoms with Gasteiger partial charge in [0.25, 0.3) is 5.91 Å². The summed E-state index contributed by atoms with van der Waals surface area (Å²) < 4.78 is 3.34. The van der Waals surface area contributed by atoms with Crippen LogP contribution in [0.5, 0.6) is 0 Å². The first kappa shape index (κ1) is 16.8. The topological polar surface area (TPSA) is 34.0 Å². The Bertz CT molecular complexity index is 845. The van der Waals surface area contributed by atoms with E-state index in [1.54, 1.807) is 11.3 Å². The first-order valence-corrected chi connectivity index (χ1v) is 9.23. The van der Waals surface area contributed by atoms with Gasteiger partial charge < -0.3 is 9.88 Å². The minimum Gasteiger partial charge on any atom is -0.351 e. The van der Waals surface area contributed by atoms with Gasteiger partial charge >= 0.3 is 0 Å². The quantitative estimate of drug-likeness (QED) is 0.696. The molecule has 1 unspecified atom stereocenters. The predicted octanol–water partition coefficient (Wildman–Crippen LogP) is 5.01. The zero-order valence-electron chi connectivity index (χ0n) is 14.7. The van der Waals surface area contributed by atoms with Gasteiger partial charge in [-0.05, 0) is 37.5 Å². The molecule has 0 fully saturated rings. The molecule has 0 spiro atoms. The van der Waals surface area contributed by atoms with Gasteiger partial charge in [0.15, 0.2) is 0 Å². The molecule has 0 aliphatic carbocycles. The molecule has 1 amide bonds. The van der Waals surface area contributed by atoms with E-state index in [9.17, 15) is 4.79 Å². The Hall–Kier alpha value is -2.07. The van der Waals surface area contributed by atoms with Crippen LogP contribution in [0.2, 0.25) is 0 Å². The second-order valence-corrected chi connectivity index (χ2v) is 7.98. The third kappa shape index (κ3) is 3.24. The van der Waals surface area contributed by atoms with Crippen molar-refractivity contribution in [1.29, 1.82) is 0 Å². The van der Waals surface area contributed by atoms with Crippen LogP contribution in [0.4, 0.5) is 0 Å². The fourth-order valence-electron chi connectivity index (χ4n) is 2.99. The average molecular weight is 340 g/mol. The molecule has 2 heterocycles. The first-order chi connectivity index (χ1) is 11.5.